The molecule has 0 radical (unpaired) electrons. The maximum Gasteiger partial charge on any atom is 0.141 e. The number of likely N-dealkylation sites (N-methyl/N-ethyl adjacent to an activating group) is 1. The van der Waals surface area contributed by atoms with Crippen molar-refractivity contribution in [2.45, 2.75) is 51.7 Å². The SMILES string of the molecule is CCOC(CC)(CC)C(Cc1ccc(F)c(Cl)c1)NC. The first-order chi connectivity index (χ1) is 9.52. The zero-order valence-electron chi connectivity index (χ0n) is 12.8. The Bertz CT molecular complexity index is 421. The molecule has 114 valence electrons. The highest BCUT2D eigenvalue weighted by atomic mass is 35.5. The van der Waals surface area contributed by atoms with Gasteiger partial charge in [0.1, 0.15) is 5.82 Å². The van der Waals surface area contributed by atoms with Gasteiger partial charge in [-0.05, 0) is 50.9 Å². The van der Waals surface area contributed by atoms with Crippen molar-refractivity contribution in [3.63, 3.8) is 0 Å². The van der Waals surface area contributed by atoms with Crippen LogP contribution < -0.4 is 5.32 Å². The van der Waals surface area contributed by atoms with Crippen molar-refractivity contribution in [1.82, 2.24) is 5.32 Å². The summed E-state index contributed by atoms with van der Waals surface area (Å²) in [6.07, 6.45) is 2.62. The lowest BCUT2D eigenvalue weighted by molar-refractivity contribution is -0.0703. The summed E-state index contributed by atoms with van der Waals surface area (Å²) in [6, 6.07) is 5.07. The predicted molar refractivity (Wildman–Crippen MR) is 82.9 cm³/mol. The molecule has 1 rings (SSSR count). The minimum atomic E-state index is -0.376. The molecule has 1 aromatic rings. The summed E-state index contributed by atoms with van der Waals surface area (Å²) in [5.41, 5.74) is 0.811. The highest BCUT2D eigenvalue weighted by Gasteiger charge is 2.35. The molecule has 0 saturated carbocycles. The van der Waals surface area contributed by atoms with E-state index in [4.69, 9.17) is 16.3 Å². The first kappa shape index (κ1) is 17.4. The molecule has 0 amide bonds. The fourth-order valence-corrected chi connectivity index (χ4v) is 2.99. The molecular weight excluding hydrogens is 277 g/mol. The Hall–Kier alpha value is -0.640. The Kier molecular flexibility index (Phi) is 6.93. The van der Waals surface area contributed by atoms with Crippen LogP contribution in [0.3, 0.4) is 0 Å². The van der Waals surface area contributed by atoms with E-state index >= 15 is 0 Å². The lowest BCUT2D eigenvalue weighted by Crippen LogP contribution is -2.52. The fourth-order valence-electron chi connectivity index (χ4n) is 2.79. The van der Waals surface area contributed by atoms with Crippen LogP contribution >= 0.6 is 11.6 Å². The van der Waals surface area contributed by atoms with Gasteiger partial charge in [-0.25, -0.2) is 4.39 Å². The molecule has 0 heterocycles. The molecule has 4 heteroatoms. The van der Waals surface area contributed by atoms with Gasteiger partial charge < -0.3 is 10.1 Å². The van der Waals surface area contributed by atoms with E-state index in [-0.39, 0.29) is 22.5 Å². The molecular formula is C16H25ClFNO. The number of ether oxygens (including phenoxy) is 1. The summed E-state index contributed by atoms with van der Waals surface area (Å²) >= 11 is 5.86. The van der Waals surface area contributed by atoms with Crippen LogP contribution in [0.15, 0.2) is 18.2 Å². The van der Waals surface area contributed by atoms with Crippen molar-refractivity contribution in [2.24, 2.45) is 0 Å². The van der Waals surface area contributed by atoms with Crippen LogP contribution in [0.2, 0.25) is 5.02 Å². The largest absolute Gasteiger partial charge is 0.374 e. The molecule has 2 nitrogen and oxygen atoms in total. The Morgan fingerprint density at radius 3 is 2.40 bits per heavy atom. The molecule has 0 aromatic heterocycles. The molecule has 0 spiro atoms. The summed E-state index contributed by atoms with van der Waals surface area (Å²) in [7, 11) is 1.94. The molecule has 1 unspecified atom stereocenters. The zero-order chi connectivity index (χ0) is 15.2. The van der Waals surface area contributed by atoms with Gasteiger partial charge in [-0.15, -0.1) is 0 Å². The van der Waals surface area contributed by atoms with Crippen molar-refractivity contribution in [2.75, 3.05) is 13.7 Å². The van der Waals surface area contributed by atoms with E-state index in [1.54, 1.807) is 12.1 Å². The van der Waals surface area contributed by atoms with E-state index in [1.807, 2.05) is 14.0 Å². The van der Waals surface area contributed by atoms with Gasteiger partial charge in [-0.1, -0.05) is 31.5 Å². The number of rotatable bonds is 8. The summed E-state index contributed by atoms with van der Waals surface area (Å²) in [5.74, 6) is -0.376. The fraction of sp³-hybridized carbons (Fsp3) is 0.625. The Morgan fingerprint density at radius 1 is 1.30 bits per heavy atom. The number of hydrogen-bond donors (Lipinski definition) is 1. The van der Waals surface area contributed by atoms with Crippen molar-refractivity contribution in [3.05, 3.63) is 34.6 Å². The van der Waals surface area contributed by atoms with E-state index in [0.29, 0.717) is 6.61 Å². The molecule has 0 aliphatic rings. The van der Waals surface area contributed by atoms with Crippen LogP contribution in [0.5, 0.6) is 0 Å². The van der Waals surface area contributed by atoms with E-state index in [2.05, 4.69) is 19.2 Å². The summed E-state index contributed by atoms with van der Waals surface area (Å²) in [5, 5.41) is 3.52. The minimum absolute atomic E-state index is 0.166. The average Bonchev–Trinajstić information content (AvgIpc) is 2.46. The van der Waals surface area contributed by atoms with Crippen LogP contribution in [0.25, 0.3) is 0 Å². The smallest absolute Gasteiger partial charge is 0.141 e. The highest BCUT2D eigenvalue weighted by Crippen LogP contribution is 2.28. The van der Waals surface area contributed by atoms with E-state index < -0.39 is 0 Å². The van der Waals surface area contributed by atoms with Crippen molar-refractivity contribution >= 4 is 11.6 Å². The third kappa shape index (κ3) is 3.94. The van der Waals surface area contributed by atoms with Crippen LogP contribution in [0.1, 0.15) is 39.2 Å². The maximum atomic E-state index is 13.2. The van der Waals surface area contributed by atoms with Gasteiger partial charge in [-0.2, -0.15) is 0 Å². The van der Waals surface area contributed by atoms with Gasteiger partial charge >= 0.3 is 0 Å². The quantitative estimate of drug-likeness (QED) is 0.777. The van der Waals surface area contributed by atoms with Crippen LogP contribution in [-0.2, 0) is 11.2 Å². The Balaban J connectivity index is 2.96. The van der Waals surface area contributed by atoms with Crippen molar-refractivity contribution in [3.8, 4) is 0 Å². The molecule has 0 fully saturated rings. The maximum absolute atomic E-state index is 13.2. The lowest BCUT2D eigenvalue weighted by Gasteiger charge is -2.39. The third-order valence-electron chi connectivity index (χ3n) is 4.04. The van der Waals surface area contributed by atoms with Crippen LogP contribution in [-0.4, -0.2) is 25.3 Å². The van der Waals surface area contributed by atoms with Gasteiger partial charge in [0.15, 0.2) is 0 Å². The van der Waals surface area contributed by atoms with Gasteiger partial charge in [0, 0.05) is 12.6 Å². The number of nitrogens with one attached hydrogen (secondary N) is 1. The molecule has 20 heavy (non-hydrogen) atoms. The van der Waals surface area contributed by atoms with Gasteiger partial charge in [0.25, 0.3) is 0 Å². The first-order valence-electron chi connectivity index (χ1n) is 7.28. The van der Waals surface area contributed by atoms with Gasteiger partial charge in [0.2, 0.25) is 0 Å². The summed E-state index contributed by atoms with van der Waals surface area (Å²) in [6.45, 7) is 6.98. The van der Waals surface area contributed by atoms with E-state index in [0.717, 1.165) is 24.8 Å². The molecule has 0 bridgehead atoms. The van der Waals surface area contributed by atoms with Gasteiger partial charge in [0.05, 0.1) is 10.6 Å². The normalized spacial score (nSPS) is 13.5. The number of halogens is 2. The predicted octanol–water partition coefficient (Wildman–Crippen LogP) is 4.20. The standard InChI is InChI=1S/C16H25ClFNO/c1-5-16(6-2,20-7-3)15(19-4)11-12-8-9-14(18)13(17)10-12/h8-10,15,19H,5-7,11H2,1-4H3. The van der Waals surface area contributed by atoms with E-state index in [1.165, 1.54) is 6.07 Å². The lowest BCUT2D eigenvalue weighted by atomic mass is 9.84. The monoisotopic (exact) mass is 301 g/mol. The summed E-state index contributed by atoms with van der Waals surface area (Å²) < 4.78 is 19.3. The molecule has 1 aromatic carbocycles. The highest BCUT2D eigenvalue weighted by molar-refractivity contribution is 6.30. The second-order valence-corrected chi connectivity index (χ2v) is 5.41. The number of benzene rings is 1. The first-order valence-corrected chi connectivity index (χ1v) is 7.65. The number of hydrogen-bond acceptors (Lipinski definition) is 2. The second-order valence-electron chi connectivity index (χ2n) is 5.00. The van der Waals surface area contributed by atoms with Gasteiger partial charge in [-0.3, -0.25) is 0 Å². The molecule has 1 atom stereocenters. The minimum Gasteiger partial charge on any atom is -0.374 e. The van der Waals surface area contributed by atoms with Crippen molar-refractivity contribution in [1.29, 1.82) is 0 Å². The van der Waals surface area contributed by atoms with Crippen LogP contribution in [0, 0.1) is 5.82 Å². The van der Waals surface area contributed by atoms with Crippen LogP contribution in [0.4, 0.5) is 4.39 Å². The molecule has 0 aliphatic heterocycles. The average molecular weight is 302 g/mol. The zero-order valence-corrected chi connectivity index (χ0v) is 13.6. The Morgan fingerprint density at radius 2 is 1.95 bits per heavy atom. The summed E-state index contributed by atoms with van der Waals surface area (Å²) in [4.78, 5) is 0. The third-order valence-corrected chi connectivity index (χ3v) is 4.33. The Labute approximate surface area is 126 Å². The van der Waals surface area contributed by atoms with E-state index in [9.17, 15) is 4.39 Å². The molecule has 0 aliphatic carbocycles. The topological polar surface area (TPSA) is 21.3 Å². The molecule has 1 N–H and O–H groups in total. The van der Waals surface area contributed by atoms with Crippen molar-refractivity contribution < 1.29 is 9.13 Å². The second kappa shape index (κ2) is 7.96. The molecule has 0 saturated heterocycles.